The molecule has 3 fully saturated rings. The number of carbonyl (C=O) groups excluding carboxylic acids is 1. The van der Waals surface area contributed by atoms with Crippen molar-refractivity contribution in [2.75, 3.05) is 20.5 Å². The van der Waals surface area contributed by atoms with E-state index < -0.39 is 29.4 Å². The first kappa shape index (κ1) is 25.4. The highest BCUT2D eigenvalue weighted by molar-refractivity contribution is 5.81. The molecule has 0 bridgehead atoms. The van der Waals surface area contributed by atoms with Crippen LogP contribution in [0.5, 0.6) is 0 Å². The molecule has 1 aliphatic heterocycles. The molecule has 1 heterocycles. The second-order valence-corrected chi connectivity index (χ2v) is 12.3. The van der Waals surface area contributed by atoms with Crippen molar-refractivity contribution in [3.8, 4) is 0 Å². The van der Waals surface area contributed by atoms with Crippen molar-refractivity contribution in [3.63, 3.8) is 0 Å². The Morgan fingerprint density at radius 1 is 1.27 bits per heavy atom. The first-order chi connectivity index (χ1) is 15.9. The number of aliphatic hydroxyl groups is 2. The number of aliphatic hydroxyl groups excluding tert-OH is 2. The summed E-state index contributed by atoms with van der Waals surface area (Å²) in [7, 11) is 1.56. The Kier molecular flexibility index (Phi) is 7.76. The van der Waals surface area contributed by atoms with Crippen molar-refractivity contribution in [1.82, 2.24) is 0 Å². The van der Waals surface area contributed by atoms with Crippen molar-refractivity contribution in [1.29, 1.82) is 1.43 Å². The van der Waals surface area contributed by atoms with E-state index in [1.165, 1.54) is 0 Å². The molecule has 1 saturated heterocycles. The van der Waals surface area contributed by atoms with Gasteiger partial charge in [-0.05, 0) is 62.2 Å². The SMILES string of the molecule is [3H]O[C@H]1CCC[C@@]2(C)C1CC[C@@H]2[C@H](C)C[C@H](COCOC)C(O)[C@@]1(C)O[C@H](C(C)(C)C)OC1=O. The second kappa shape index (κ2) is 10.1. The van der Waals surface area contributed by atoms with Crippen molar-refractivity contribution in [2.45, 2.75) is 104 Å². The summed E-state index contributed by atoms with van der Waals surface area (Å²) >= 11 is 0. The van der Waals surface area contributed by atoms with Gasteiger partial charge in [0, 0.05) is 18.4 Å². The molecule has 192 valence electrons. The number of fused-ring (bicyclic) bond motifs is 1. The maximum absolute atomic E-state index is 12.9. The first-order valence-electron chi connectivity index (χ1n) is 13.0. The maximum atomic E-state index is 12.9. The van der Waals surface area contributed by atoms with Crippen LogP contribution in [0.4, 0.5) is 0 Å². The lowest BCUT2D eigenvalue weighted by Crippen LogP contribution is -2.51. The van der Waals surface area contributed by atoms with Gasteiger partial charge in [-0.25, -0.2) is 4.79 Å². The van der Waals surface area contributed by atoms with E-state index in [-0.39, 0.29) is 30.8 Å². The lowest BCUT2D eigenvalue weighted by Gasteiger charge is -2.46. The normalized spacial score (nSPS) is 40.1. The molecule has 0 aromatic carbocycles. The quantitative estimate of drug-likeness (QED) is 0.283. The number of ether oxygens (including phenoxy) is 4. The Bertz CT molecular complexity index is 697. The number of esters is 1. The van der Waals surface area contributed by atoms with Gasteiger partial charge in [0.05, 0.1) is 18.8 Å². The molecule has 7 nitrogen and oxygen atoms in total. The minimum atomic E-state index is -1.45. The van der Waals surface area contributed by atoms with Crippen LogP contribution in [0.3, 0.4) is 0 Å². The van der Waals surface area contributed by atoms with Crippen molar-refractivity contribution < 1.29 is 34.0 Å². The summed E-state index contributed by atoms with van der Waals surface area (Å²) in [5, 5.41) is 16.6. The van der Waals surface area contributed by atoms with Crippen LogP contribution < -0.4 is 0 Å². The van der Waals surface area contributed by atoms with Gasteiger partial charge in [-0.1, -0.05) is 41.0 Å². The Hall–Kier alpha value is -0.730. The van der Waals surface area contributed by atoms with Gasteiger partial charge >= 0.3 is 5.97 Å². The van der Waals surface area contributed by atoms with E-state index in [9.17, 15) is 9.90 Å². The molecule has 2 saturated carbocycles. The summed E-state index contributed by atoms with van der Waals surface area (Å²) in [6.07, 6.45) is 4.25. The van der Waals surface area contributed by atoms with Crippen LogP contribution in [-0.2, 0) is 23.7 Å². The van der Waals surface area contributed by atoms with E-state index in [1.807, 2.05) is 20.8 Å². The molecule has 0 radical (unpaired) electrons. The van der Waals surface area contributed by atoms with Crippen LogP contribution in [0.15, 0.2) is 0 Å². The molecule has 3 aliphatic rings. The molecule has 0 amide bonds. The zero-order chi connectivity index (χ0) is 25.3. The molecule has 0 aromatic heterocycles. The minimum absolute atomic E-state index is 0.0114. The van der Waals surface area contributed by atoms with Gasteiger partial charge in [-0.3, -0.25) is 0 Å². The van der Waals surface area contributed by atoms with E-state index >= 15 is 0 Å². The van der Waals surface area contributed by atoms with Crippen molar-refractivity contribution >= 4 is 5.97 Å². The predicted octanol–water partition coefficient (Wildman–Crippen LogP) is 3.89. The molecule has 2 aliphatic carbocycles. The number of rotatable bonds is 10. The Morgan fingerprint density at radius 3 is 2.61 bits per heavy atom. The van der Waals surface area contributed by atoms with Gasteiger partial charge in [0.25, 0.3) is 0 Å². The Morgan fingerprint density at radius 2 is 2.00 bits per heavy atom. The van der Waals surface area contributed by atoms with Gasteiger partial charge in [-0.15, -0.1) is 0 Å². The monoisotopic (exact) mass is 472 g/mol. The van der Waals surface area contributed by atoms with Gasteiger partial charge in [-0.2, -0.15) is 0 Å². The number of cyclic esters (lactones) is 1. The van der Waals surface area contributed by atoms with Gasteiger partial charge in [0.1, 0.15) is 6.79 Å². The number of hydrogen-bond donors (Lipinski definition) is 2. The average molecular weight is 473 g/mol. The van der Waals surface area contributed by atoms with Crippen LogP contribution >= 0.6 is 0 Å². The highest BCUT2D eigenvalue weighted by Crippen LogP contribution is 2.58. The van der Waals surface area contributed by atoms with E-state index in [1.54, 1.807) is 14.0 Å². The maximum Gasteiger partial charge on any atom is 0.343 e. The molecule has 3 rings (SSSR count). The molecular formula is C26H46O7. The Labute approximate surface area is 201 Å². The zero-order valence-electron chi connectivity index (χ0n) is 22.6. The van der Waals surface area contributed by atoms with Crippen LogP contribution in [0.1, 0.15) is 80.1 Å². The number of methoxy groups -OCH3 is 1. The van der Waals surface area contributed by atoms with Crippen LogP contribution in [0.2, 0.25) is 0 Å². The fourth-order valence-corrected chi connectivity index (χ4v) is 6.81. The van der Waals surface area contributed by atoms with Crippen LogP contribution in [0.25, 0.3) is 0 Å². The molecule has 9 atom stereocenters. The highest BCUT2D eigenvalue weighted by Gasteiger charge is 2.57. The largest absolute Gasteiger partial charge is 0.433 e. The third kappa shape index (κ3) is 5.27. The smallest absolute Gasteiger partial charge is 0.343 e. The van der Waals surface area contributed by atoms with Gasteiger partial charge < -0.3 is 29.2 Å². The molecule has 2 unspecified atom stereocenters. The second-order valence-electron chi connectivity index (χ2n) is 12.3. The van der Waals surface area contributed by atoms with Gasteiger partial charge in [0.15, 0.2) is 5.60 Å². The summed E-state index contributed by atoms with van der Waals surface area (Å²) in [6.45, 7) is 12.4. The van der Waals surface area contributed by atoms with E-state index in [2.05, 4.69) is 13.8 Å². The predicted molar refractivity (Wildman–Crippen MR) is 124 cm³/mol. The minimum Gasteiger partial charge on any atom is -0.433 e. The average Bonchev–Trinajstić information content (AvgIpc) is 3.29. The first-order valence-corrected chi connectivity index (χ1v) is 12.6. The van der Waals surface area contributed by atoms with Crippen LogP contribution in [0, 0.1) is 34.5 Å². The molecule has 33 heavy (non-hydrogen) atoms. The summed E-state index contributed by atoms with van der Waals surface area (Å²) < 4.78 is 29.9. The van der Waals surface area contributed by atoms with Crippen molar-refractivity contribution in [2.24, 2.45) is 34.5 Å². The lowest BCUT2D eigenvalue weighted by atomic mass is 9.61. The van der Waals surface area contributed by atoms with E-state index in [0.29, 0.717) is 24.2 Å². The number of hydrogen-bond acceptors (Lipinski definition) is 7. The van der Waals surface area contributed by atoms with E-state index in [4.69, 9.17) is 25.5 Å². The van der Waals surface area contributed by atoms with Crippen molar-refractivity contribution in [3.05, 3.63) is 0 Å². The third-order valence-corrected chi connectivity index (χ3v) is 8.72. The number of carbonyl (C=O) groups is 1. The Balaban J connectivity index is 1.76. The summed E-state index contributed by atoms with van der Waals surface area (Å²) in [4.78, 5) is 12.9. The molecule has 2 N–H and O–H groups in total. The molecular weight excluding hydrogens is 424 g/mol. The van der Waals surface area contributed by atoms with Crippen LogP contribution in [-0.4, -0.2) is 62.2 Å². The third-order valence-electron chi connectivity index (χ3n) is 8.72. The fraction of sp³-hybridized carbons (Fsp3) is 0.962. The topological polar surface area (TPSA) is 94.5 Å². The van der Waals surface area contributed by atoms with Gasteiger partial charge in [0.2, 0.25) is 7.72 Å². The molecule has 0 aromatic rings. The summed E-state index contributed by atoms with van der Waals surface area (Å²) in [5.41, 5.74) is -1.72. The molecule has 7 heteroatoms. The zero-order valence-corrected chi connectivity index (χ0v) is 21.6. The van der Waals surface area contributed by atoms with E-state index in [0.717, 1.165) is 32.1 Å². The summed E-state index contributed by atoms with van der Waals surface area (Å²) in [5.74, 6) is 0.303. The standard InChI is InChI=1S/C26H46O7/c1-16(18-10-11-19-20(27)9-8-12-25(18,19)5)13-17(14-31-15-30-7)21(28)26(6)22(29)32-23(33-26)24(2,3)4/h16-21,23,27-28H,8-15H2,1-7H3/t16-,17-,18-,19?,20+,21?,23-,25-,26-/m1/s1/i27T. The molecule has 0 spiro atoms. The lowest BCUT2D eigenvalue weighted by molar-refractivity contribution is -0.180. The fourth-order valence-electron chi connectivity index (χ4n) is 6.81. The highest BCUT2D eigenvalue weighted by atomic mass is 16.8. The summed E-state index contributed by atoms with van der Waals surface area (Å²) in [6, 6.07) is 0.